The van der Waals surface area contributed by atoms with Gasteiger partial charge in [-0.15, -0.1) is 0 Å². The summed E-state index contributed by atoms with van der Waals surface area (Å²) in [5.41, 5.74) is 0.251. The maximum atomic E-state index is 10.2. The fraction of sp³-hybridized carbons (Fsp3) is 0.600. The van der Waals surface area contributed by atoms with Crippen molar-refractivity contribution in [1.29, 1.82) is 0 Å². The van der Waals surface area contributed by atoms with Gasteiger partial charge in [-0.1, -0.05) is 0 Å². The summed E-state index contributed by atoms with van der Waals surface area (Å²) in [5.74, 6) is 2.02. The molecule has 1 aromatic rings. The summed E-state index contributed by atoms with van der Waals surface area (Å²) in [6.45, 7) is 3.77. The van der Waals surface area contributed by atoms with Crippen LogP contribution in [-0.2, 0) is 6.54 Å². The summed E-state index contributed by atoms with van der Waals surface area (Å²) in [6.07, 6.45) is 0. The van der Waals surface area contributed by atoms with Crippen molar-refractivity contribution in [2.45, 2.75) is 19.1 Å². The molecule has 6 heteroatoms. The van der Waals surface area contributed by atoms with Crippen molar-refractivity contribution >= 4 is 0 Å². The lowest BCUT2D eigenvalue weighted by Gasteiger charge is -2.27. The third kappa shape index (κ3) is 4.23. The van der Waals surface area contributed by atoms with E-state index in [1.165, 1.54) is 0 Å². The van der Waals surface area contributed by atoms with E-state index in [1.54, 1.807) is 7.11 Å². The van der Waals surface area contributed by atoms with Crippen molar-refractivity contribution in [2.75, 3.05) is 41.1 Å². The second-order valence-electron chi connectivity index (χ2n) is 5.87. The highest BCUT2D eigenvalue weighted by molar-refractivity contribution is 5.55. The molecule has 1 aliphatic heterocycles. The summed E-state index contributed by atoms with van der Waals surface area (Å²) in [7, 11) is 5.49. The molecule has 0 saturated carbocycles. The fourth-order valence-corrected chi connectivity index (χ4v) is 2.50. The normalized spacial score (nSPS) is 16.1. The van der Waals surface area contributed by atoms with Gasteiger partial charge in [-0.05, 0) is 38.7 Å². The van der Waals surface area contributed by atoms with Crippen LogP contribution in [0.5, 0.6) is 17.2 Å². The van der Waals surface area contributed by atoms with Gasteiger partial charge < -0.3 is 29.5 Å². The van der Waals surface area contributed by atoms with E-state index in [2.05, 4.69) is 5.32 Å². The van der Waals surface area contributed by atoms with Gasteiger partial charge in [0.05, 0.1) is 12.7 Å². The topological polar surface area (TPSA) is 63.2 Å². The summed E-state index contributed by atoms with van der Waals surface area (Å²) in [4.78, 5) is 1.96. The second-order valence-corrected chi connectivity index (χ2v) is 5.87. The number of rotatable bonds is 7. The molecule has 6 nitrogen and oxygen atoms in total. The van der Waals surface area contributed by atoms with Gasteiger partial charge in [0.15, 0.2) is 11.5 Å². The van der Waals surface area contributed by atoms with Gasteiger partial charge in [0, 0.05) is 19.6 Å². The molecule has 2 N–H and O–H groups in total. The van der Waals surface area contributed by atoms with Crippen LogP contribution in [0.15, 0.2) is 12.1 Å². The van der Waals surface area contributed by atoms with Crippen molar-refractivity contribution in [3.63, 3.8) is 0 Å². The Morgan fingerprint density at radius 3 is 2.81 bits per heavy atom. The maximum absolute atomic E-state index is 10.2. The molecule has 0 bridgehead atoms. The number of benzene rings is 1. The predicted octanol–water partition coefficient (Wildman–Crippen LogP) is 0.826. The lowest BCUT2D eigenvalue weighted by atomic mass is 10.1. The van der Waals surface area contributed by atoms with E-state index in [-0.39, 0.29) is 6.79 Å². The zero-order chi connectivity index (χ0) is 15.5. The first-order chi connectivity index (χ1) is 9.91. The number of nitrogens with one attached hydrogen (secondary N) is 1. The molecule has 118 valence electrons. The number of fused-ring (bicyclic) bond motifs is 1. The number of nitrogens with zero attached hydrogens (tertiary/aromatic N) is 1. The number of likely N-dealkylation sites (N-methyl/N-ethyl adjacent to an activating group) is 1. The van der Waals surface area contributed by atoms with Crippen molar-refractivity contribution in [2.24, 2.45) is 0 Å². The van der Waals surface area contributed by atoms with Crippen LogP contribution in [0.1, 0.15) is 12.5 Å². The first-order valence-electron chi connectivity index (χ1n) is 6.95. The molecule has 0 saturated heterocycles. The van der Waals surface area contributed by atoms with Crippen LogP contribution in [0.2, 0.25) is 0 Å². The first kappa shape index (κ1) is 15.9. The Hall–Kier alpha value is -1.50. The number of methoxy groups -OCH3 is 1. The van der Waals surface area contributed by atoms with Crippen molar-refractivity contribution in [3.8, 4) is 17.2 Å². The van der Waals surface area contributed by atoms with Crippen LogP contribution in [0.4, 0.5) is 0 Å². The molecule has 1 atom stereocenters. The molecule has 2 rings (SSSR count). The maximum Gasteiger partial charge on any atom is 0.231 e. The van der Waals surface area contributed by atoms with Gasteiger partial charge >= 0.3 is 0 Å². The van der Waals surface area contributed by atoms with Gasteiger partial charge in [0.1, 0.15) is 0 Å². The van der Waals surface area contributed by atoms with E-state index >= 15 is 0 Å². The van der Waals surface area contributed by atoms with E-state index in [1.807, 2.05) is 38.1 Å². The quantitative estimate of drug-likeness (QED) is 0.777. The van der Waals surface area contributed by atoms with Crippen LogP contribution in [-0.4, -0.2) is 56.7 Å². The minimum Gasteiger partial charge on any atom is -0.493 e. The van der Waals surface area contributed by atoms with Gasteiger partial charge in [0.2, 0.25) is 12.5 Å². The average molecular weight is 296 g/mol. The monoisotopic (exact) mass is 296 g/mol. The summed E-state index contributed by atoms with van der Waals surface area (Å²) >= 11 is 0. The van der Waals surface area contributed by atoms with Gasteiger partial charge in [-0.3, -0.25) is 0 Å². The fourth-order valence-electron chi connectivity index (χ4n) is 2.50. The summed E-state index contributed by atoms with van der Waals surface area (Å²) in [5, 5.41) is 13.5. The third-order valence-corrected chi connectivity index (χ3v) is 3.21. The van der Waals surface area contributed by atoms with Crippen LogP contribution in [0, 0.1) is 0 Å². The number of aliphatic hydroxyl groups is 1. The van der Waals surface area contributed by atoms with E-state index in [0.29, 0.717) is 36.9 Å². The summed E-state index contributed by atoms with van der Waals surface area (Å²) in [6, 6.07) is 3.85. The molecule has 1 unspecified atom stereocenters. The largest absolute Gasteiger partial charge is 0.493 e. The smallest absolute Gasteiger partial charge is 0.231 e. The molecule has 0 aliphatic carbocycles. The molecule has 1 aliphatic rings. The number of ether oxygens (including phenoxy) is 3. The van der Waals surface area contributed by atoms with E-state index in [0.717, 1.165) is 5.56 Å². The lowest BCUT2D eigenvalue weighted by Crippen LogP contribution is -2.45. The van der Waals surface area contributed by atoms with E-state index in [9.17, 15) is 5.11 Å². The Morgan fingerprint density at radius 1 is 1.38 bits per heavy atom. The molecule has 0 aromatic heterocycles. The van der Waals surface area contributed by atoms with Crippen LogP contribution < -0.4 is 19.5 Å². The summed E-state index contributed by atoms with van der Waals surface area (Å²) < 4.78 is 16.1. The third-order valence-electron chi connectivity index (χ3n) is 3.21. The SMILES string of the molecule is COc1cc(CNCC(C)(O)CN(C)C)cc2c1OCO2. The highest BCUT2D eigenvalue weighted by Crippen LogP contribution is 2.41. The Bertz CT molecular complexity index is 489. The van der Waals surface area contributed by atoms with Gasteiger partial charge in [-0.2, -0.15) is 0 Å². The highest BCUT2D eigenvalue weighted by atomic mass is 16.7. The molecular weight excluding hydrogens is 272 g/mol. The van der Waals surface area contributed by atoms with Crippen LogP contribution >= 0.6 is 0 Å². The zero-order valence-corrected chi connectivity index (χ0v) is 13.1. The van der Waals surface area contributed by atoms with Crippen LogP contribution in [0.25, 0.3) is 0 Å². The molecule has 0 fully saturated rings. The molecule has 1 heterocycles. The molecular formula is C15H24N2O4. The number of hydrogen-bond donors (Lipinski definition) is 2. The molecule has 0 spiro atoms. The molecule has 21 heavy (non-hydrogen) atoms. The molecule has 1 aromatic carbocycles. The minimum atomic E-state index is -0.774. The van der Waals surface area contributed by atoms with Gasteiger partial charge in [-0.25, -0.2) is 0 Å². The average Bonchev–Trinajstić information content (AvgIpc) is 2.84. The van der Waals surface area contributed by atoms with E-state index in [4.69, 9.17) is 14.2 Å². The zero-order valence-electron chi connectivity index (χ0n) is 13.1. The van der Waals surface area contributed by atoms with E-state index < -0.39 is 5.60 Å². The Balaban J connectivity index is 1.95. The highest BCUT2D eigenvalue weighted by Gasteiger charge is 2.22. The lowest BCUT2D eigenvalue weighted by molar-refractivity contribution is 0.0336. The Kier molecular flexibility index (Phi) is 4.92. The second kappa shape index (κ2) is 6.51. The van der Waals surface area contributed by atoms with Crippen molar-refractivity contribution in [3.05, 3.63) is 17.7 Å². The van der Waals surface area contributed by atoms with Crippen molar-refractivity contribution in [1.82, 2.24) is 10.2 Å². The van der Waals surface area contributed by atoms with Crippen LogP contribution in [0.3, 0.4) is 0 Å². The Labute approximate surface area is 125 Å². The molecule has 0 amide bonds. The van der Waals surface area contributed by atoms with Gasteiger partial charge in [0.25, 0.3) is 0 Å². The standard InChI is InChI=1S/C15H24N2O4/c1-15(18,9-17(2)3)8-16-7-11-5-12(19-4)14-13(6-11)20-10-21-14/h5-6,16,18H,7-10H2,1-4H3. The number of hydrogen-bond acceptors (Lipinski definition) is 6. The predicted molar refractivity (Wildman–Crippen MR) is 80.0 cm³/mol. The minimum absolute atomic E-state index is 0.222. The first-order valence-corrected chi connectivity index (χ1v) is 6.95. The Morgan fingerprint density at radius 2 is 2.14 bits per heavy atom. The molecule has 0 radical (unpaired) electrons. The van der Waals surface area contributed by atoms with Crippen molar-refractivity contribution < 1.29 is 19.3 Å².